The Hall–Kier alpha value is -1.55. The number of methoxy groups -OCH3 is 1. The molecule has 0 aromatic heterocycles. The van der Waals surface area contributed by atoms with E-state index in [-0.39, 0.29) is 0 Å². The minimum absolute atomic E-state index is 0.364. The van der Waals surface area contributed by atoms with Gasteiger partial charge in [-0.1, -0.05) is 0 Å². The Bertz CT molecular complexity index is 224. The van der Waals surface area contributed by atoms with Crippen LogP contribution < -0.4 is 0 Å². The summed E-state index contributed by atoms with van der Waals surface area (Å²) in [6, 6.07) is -0.725. The van der Waals surface area contributed by atoms with E-state index in [0.29, 0.717) is 19.4 Å². The average molecular weight is 166 g/mol. The molecule has 0 amide bonds. The van der Waals surface area contributed by atoms with Crippen LogP contribution >= 0.6 is 0 Å². The number of ether oxygens (including phenoxy) is 1. The van der Waals surface area contributed by atoms with Gasteiger partial charge in [0.2, 0.25) is 6.54 Å². The summed E-state index contributed by atoms with van der Waals surface area (Å²) in [5.74, 6) is -0.505. The molecule has 0 rings (SSSR count). The SMILES string of the molecule is [C-]#[N+]CCCC([N+]#[C-])C(=O)OC. The molecule has 4 nitrogen and oxygen atoms in total. The van der Waals surface area contributed by atoms with Crippen molar-refractivity contribution in [3.8, 4) is 0 Å². The zero-order valence-electron chi connectivity index (χ0n) is 6.91. The lowest BCUT2D eigenvalue weighted by Crippen LogP contribution is -2.18. The first-order valence-electron chi connectivity index (χ1n) is 3.54. The molecule has 0 aliphatic rings. The Balaban J connectivity index is 3.79. The van der Waals surface area contributed by atoms with Crippen molar-refractivity contribution in [3.63, 3.8) is 0 Å². The van der Waals surface area contributed by atoms with Gasteiger partial charge in [0.05, 0.1) is 7.11 Å². The van der Waals surface area contributed by atoms with Crippen molar-refractivity contribution in [2.45, 2.75) is 18.9 Å². The van der Waals surface area contributed by atoms with Crippen LogP contribution in [0, 0.1) is 13.1 Å². The van der Waals surface area contributed by atoms with Gasteiger partial charge in [-0.2, -0.15) is 0 Å². The number of carbonyl (C=O) groups is 1. The second kappa shape index (κ2) is 6.18. The van der Waals surface area contributed by atoms with E-state index < -0.39 is 12.0 Å². The van der Waals surface area contributed by atoms with Crippen LogP contribution in [0.1, 0.15) is 12.8 Å². The summed E-state index contributed by atoms with van der Waals surface area (Å²) in [7, 11) is 1.26. The highest BCUT2D eigenvalue weighted by Crippen LogP contribution is 2.03. The van der Waals surface area contributed by atoms with Crippen molar-refractivity contribution < 1.29 is 9.53 Å². The number of hydrogen-bond acceptors (Lipinski definition) is 2. The van der Waals surface area contributed by atoms with Crippen molar-refractivity contribution in [1.82, 2.24) is 0 Å². The van der Waals surface area contributed by atoms with E-state index in [1.807, 2.05) is 0 Å². The topological polar surface area (TPSA) is 35.0 Å². The molecular weight excluding hydrogens is 156 g/mol. The van der Waals surface area contributed by atoms with Crippen LogP contribution in [0.4, 0.5) is 0 Å². The van der Waals surface area contributed by atoms with Gasteiger partial charge in [-0.3, -0.25) is 0 Å². The molecule has 0 bridgehead atoms. The van der Waals surface area contributed by atoms with Crippen LogP contribution in [0.25, 0.3) is 9.69 Å². The van der Waals surface area contributed by atoms with Crippen molar-refractivity contribution in [1.29, 1.82) is 0 Å². The van der Waals surface area contributed by atoms with E-state index >= 15 is 0 Å². The number of nitrogens with zero attached hydrogens (tertiary/aromatic N) is 2. The van der Waals surface area contributed by atoms with E-state index in [9.17, 15) is 4.79 Å². The van der Waals surface area contributed by atoms with Crippen molar-refractivity contribution in [3.05, 3.63) is 22.8 Å². The summed E-state index contributed by atoms with van der Waals surface area (Å²) in [5.41, 5.74) is 0. The minimum atomic E-state index is -0.725. The lowest BCUT2D eigenvalue weighted by Gasteiger charge is -1.99. The standard InChI is InChI=1S/C8H10N2O2/c1-9-6-4-5-7(10-2)8(11)12-3/h7H,4-6H2,3H3. The molecule has 0 aromatic carbocycles. The Kier molecular flexibility index (Phi) is 5.38. The molecule has 0 saturated carbocycles. The monoisotopic (exact) mass is 166 g/mol. The predicted octanol–water partition coefficient (Wildman–Crippen LogP) is 1.15. The first kappa shape index (κ1) is 10.4. The Morgan fingerprint density at radius 2 is 2.25 bits per heavy atom. The van der Waals surface area contributed by atoms with Gasteiger partial charge in [-0.15, -0.1) is 0 Å². The van der Waals surface area contributed by atoms with Gasteiger partial charge in [0, 0.05) is 12.8 Å². The molecule has 0 aliphatic carbocycles. The first-order chi connectivity index (χ1) is 5.76. The molecule has 0 aromatic rings. The second-order valence-corrected chi connectivity index (χ2v) is 2.19. The van der Waals surface area contributed by atoms with Crippen molar-refractivity contribution in [2.75, 3.05) is 13.7 Å². The van der Waals surface area contributed by atoms with Gasteiger partial charge in [0.25, 0.3) is 0 Å². The number of rotatable bonds is 4. The highest BCUT2D eigenvalue weighted by Gasteiger charge is 2.23. The average Bonchev–Trinajstić information content (AvgIpc) is 2.11. The summed E-state index contributed by atoms with van der Waals surface area (Å²) in [6.45, 7) is 13.5. The summed E-state index contributed by atoms with van der Waals surface area (Å²) >= 11 is 0. The summed E-state index contributed by atoms with van der Waals surface area (Å²) < 4.78 is 4.40. The van der Waals surface area contributed by atoms with E-state index in [1.54, 1.807) is 0 Å². The van der Waals surface area contributed by atoms with Crippen LogP contribution in [0.5, 0.6) is 0 Å². The molecule has 0 spiro atoms. The Morgan fingerprint density at radius 3 is 2.67 bits per heavy atom. The van der Waals surface area contributed by atoms with Gasteiger partial charge in [0.15, 0.2) is 0 Å². The third-order valence-electron chi connectivity index (χ3n) is 1.38. The highest BCUT2D eigenvalue weighted by atomic mass is 16.5. The summed E-state index contributed by atoms with van der Waals surface area (Å²) in [4.78, 5) is 17.0. The molecule has 0 radical (unpaired) electrons. The maximum Gasteiger partial charge on any atom is 0.389 e. The zero-order chi connectivity index (χ0) is 9.40. The molecule has 0 aliphatic heterocycles. The van der Waals surface area contributed by atoms with Gasteiger partial charge >= 0.3 is 12.0 Å². The lowest BCUT2D eigenvalue weighted by atomic mass is 10.2. The summed E-state index contributed by atoms with van der Waals surface area (Å²) in [6.07, 6.45) is 0.990. The second-order valence-electron chi connectivity index (χ2n) is 2.19. The first-order valence-corrected chi connectivity index (χ1v) is 3.54. The van der Waals surface area contributed by atoms with Crippen LogP contribution in [-0.2, 0) is 9.53 Å². The van der Waals surface area contributed by atoms with E-state index in [4.69, 9.17) is 13.1 Å². The molecule has 4 heteroatoms. The maximum atomic E-state index is 10.8. The van der Waals surface area contributed by atoms with Crippen molar-refractivity contribution >= 4 is 5.97 Å². The molecule has 12 heavy (non-hydrogen) atoms. The third kappa shape index (κ3) is 3.58. The maximum absolute atomic E-state index is 10.8. The quantitative estimate of drug-likeness (QED) is 0.356. The Morgan fingerprint density at radius 1 is 1.58 bits per heavy atom. The molecule has 0 fully saturated rings. The van der Waals surface area contributed by atoms with Gasteiger partial charge in [-0.05, 0) is 0 Å². The summed E-state index contributed by atoms with van der Waals surface area (Å²) in [5, 5.41) is 0. The molecule has 0 heterocycles. The van der Waals surface area contributed by atoms with Crippen molar-refractivity contribution in [2.24, 2.45) is 0 Å². The molecule has 1 unspecified atom stereocenters. The fourth-order valence-corrected chi connectivity index (χ4v) is 0.735. The van der Waals surface area contributed by atoms with Gasteiger partial charge < -0.3 is 14.4 Å². The zero-order valence-corrected chi connectivity index (χ0v) is 6.91. The van der Waals surface area contributed by atoms with E-state index in [2.05, 4.69) is 14.4 Å². The minimum Gasteiger partial charge on any atom is -0.463 e. The molecule has 64 valence electrons. The third-order valence-corrected chi connectivity index (χ3v) is 1.38. The fourth-order valence-electron chi connectivity index (χ4n) is 0.735. The highest BCUT2D eigenvalue weighted by molar-refractivity contribution is 5.77. The smallest absolute Gasteiger partial charge is 0.389 e. The predicted molar refractivity (Wildman–Crippen MR) is 43.1 cm³/mol. The van der Waals surface area contributed by atoms with E-state index in [0.717, 1.165) is 0 Å². The molecule has 1 atom stereocenters. The van der Waals surface area contributed by atoms with Crippen LogP contribution in [0.2, 0.25) is 0 Å². The van der Waals surface area contributed by atoms with Crippen LogP contribution in [0.15, 0.2) is 0 Å². The van der Waals surface area contributed by atoms with E-state index in [1.165, 1.54) is 7.11 Å². The van der Waals surface area contributed by atoms with Crippen LogP contribution in [-0.4, -0.2) is 25.7 Å². The van der Waals surface area contributed by atoms with Crippen LogP contribution in [0.3, 0.4) is 0 Å². The number of esters is 1. The normalized spacial score (nSPS) is 10.9. The number of carbonyl (C=O) groups excluding carboxylic acids is 1. The van der Waals surface area contributed by atoms with Gasteiger partial charge in [-0.25, -0.2) is 17.9 Å². The fraction of sp³-hybridized carbons (Fsp3) is 0.625. The molecule has 0 N–H and O–H groups in total. The molecular formula is C8H10N2O2. The number of hydrogen-bond donors (Lipinski definition) is 0. The molecule has 0 saturated heterocycles. The Labute approximate surface area is 71.8 Å². The van der Waals surface area contributed by atoms with Gasteiger partial charge in [0.1, 0.15) is 0 Å². The lowest BCUT2D eigenvalue weighted by molar-refractivity contribution is -0.141. The largest absolute Gasteiger partial charge is 0.463 e.